The van der Waals surface area contributed by atoms with E-state index in [4.69, 9.17) is 0 Å². The molecule has 0 heterocycles. The minimum absolute atomic E-state index is 0.759. The van der Waals surface area contributed by atoms with Crippen LogP contribution in [0.25, 0.3) is 0 Å². The van der Waals surface area contributed by atoms with Crippen molar-refractivity contribution in [2.75, 3.05) is 0 Å². The maximum atomic E-state index is 10.3. The standard InChI is InChI=1S/2C11H14O/c2*1-2-3-4-10-5-7-11(9-12)8-6-10/h2*5-9H,2-4H2,1H3. The Morgan fingerprint density at radius 1 is 0.625 bits per heavy atom. The van der Waals surface area contributed by atoms with Crippen LogP contribution in [0, 0.1) is 0 Å². The van der Waals surface area contributed by atoms with Crippen LogP contribution in [0.4, 0.5) is 0 Å². The highest BCUT2D eigenvalue weighted by molar-refractivity contribution is 5.75. The molecule has 0 saturated heterocycles. The second kappa shape index (κ2) is 12.2. The fourth-order valence-corrected chi connectivity index (χ4v) is 2.29. The van der Waals surface area contributed by atoms with Gasteiger partial charge in [-0.15, -0.1) is 0 Å². The number of aldehydes is 2. The highest BCUT2D eigenvalue weighted by Crippen LogP contribution is 2.07. The molecule has 24 heavy (non-hydrogen) atoms. The largest absolute Gasteiger partial charge is 0.298 e. The van der Waals surface area contributed by atoms with Gasteiger partial charge < -0.3 is 0 Å². The fraction of sp³-hybridized carbons (Fsp3) is 0.364. The summed E-state index contributed by atoms with van der Waals surface area (Å²) in [5.74, 6) is 0. The van der Waals surface area contributed by atoms with Gasteiger partial charge in [0.05, 0.1) is 0 Å². The monoisotopic (exact) mass is 324 g/mol. The molecule has 0 bridgehead atoms. The van der Waals surface area contributed by atoms with Crippen molar-refractivity contribution in [3.05, 3.63) is 70.8 Å². The van der Waals surface area contributed by atoms with Crippen molar-refractivity contribution >= 4 is 12.6 Å². The number of hydrogen-bond donors (Lipinski definition) is 0. The summed E-state index contributed by atoms with van der Waals surface area (Å²) in [4.78, 5) is 20.7. The molecule has 2 nitrogen and oxygen atoms in total. The zero-order valence-corrected chi connectivity index (χ0v) is 14.8. The van der Waals surface area contributed by atoms with Crippen LogP contribution < -0.4 is 0 Å². The number of aryl methyl sites for hydroxylation is 2. The van der Waals surface area contributed by atoms with E-state index in [0.29, 0.717) is 0 Å². The van der Waals surface area contributed by atoms with Crippen LogP contribution in [0.3, 0.4) is 0 Å². The van der Waals surface area contributed by atoms with Gasteiger partial charge in [0, 0.05) is 11.1 Å². The fourth-order valence-electron chi connectivity index (χ4n) is 2.29. The molecule has 2 heteroatoms. The normalized spacial score (nSPS) is 9.75. The van der Waals surface area contributed by atoms with Crippen LogP contribution in [0.5, 0.6) is 0 Å². The highest BCUT2D eigenvalue weighted by Gasteiger charge is 1.93. The first-order valence-corrected chi connectivity index (χ1v) is 8.81. The lowest BCUT2D eigenvalue weighted by Gasteiger charge is -1.98. The number of carbonyl (C=O) groups is 2. The molecule has 0 radical (unpaired) electrons. The average Bonchev–Trinajstić information content (AvgIpc) is 2.66. The van der Waals surface area contributed by atoms with E-state index < -0.39 is 0 Å². The molecule has 0 fully saturated rings. The lowest BCUT2D eigenvalue weighted by molar-refractivity contribution is 0.111. The van der Waals surface area contributed by atoms with Gasteiger partial charge >= 0.3 is 0 Å². The molecule has 0 saturated carbocycles. The lowest BCUT2D eigenvalue weighted by Crippen LogP contribution is -1.85. The van der Waals surface area contributed by atoms with Gasteiger partial charge in [-0.2, -0.15) is 0 Å². The predicted octanol–water partition coefficient (Wildman–Crippen LogP) is 5.68. The SMILES string of the molecule is CCCCc1ccc(C=O)cc1.CCCCc1ccc(C=O)cc1. The number of unbranched alkanes of at least 4 members (excludes halogenated alkanes) is 2. The summed E-state index contributed by atoms with van der Waals surface area (Å²) >= 11 is 0. The molecule has 0 aromatic heterocycles. The molecule has 2 aromatic carbocycles. The Kier molecular flexibility index (Phi) is 10.1. The molecule has 128 valence electrons. The first kappa shape index (κ1) is 19.8. The van der Waals surface area contributed by atoms with Gasteiger partial charge in [-0.25, -0.2) is 0 Å². The van der Waals surface area contributed by atoms with Gasteiger partial charge in [0.1, 0.15) is 12.6 Å². The molecule has 0 N–H and O–H groups in total. The molecule has 0 aliphatic rings. The van der Waals surface area contributed by atoms with Gasteiger partial charge in [0.2, 0.25) is 0 Å². The highest BCUT2D eigenvalue weighted by atomic mass is 16.1. The van der Waals surface area contributed by atoms with Gasteiger partial charge in [0.25, 0.3) is 0 Å². The second-order valence-electron chi connectivity index (χ2n) is 5.93. The third-order valence-electron chi connectivity index (χ3n) is 3.87. The Hall–Kier alpha value is -2.22. The van der Waals surface area contributed by atoms with Crippen LogP contribution in [0.2, 0.25) is 0 Å². The van der Waals surface area contributed by atoms with Gasteiger partial charge in [-0.3, -0.25) is 9.59 Å². The molecular formula is C22H28O2. The number of hydrogen-bond acceptors (Lipinski definition) is 2. The quantitative estimate of drug-likeness (QED) is 0.585. The van der Waals surface area contributed by atoms with Crippen molar-refractivity contribution in [2.45, 2.75) is 52.4 Å². The Morgan fingerprint density at radius 3 is 1.21 bits per heavy atom. The topological polar surface area (TPSA) is 34.1 Å². The first-order valence-electron chi connectivity index (χ1n) is 8.81. The minimum Gasteiger partial charge on any atom is -0.298 e. The van der Waals surface area contributed by atoms with Crippen molar-refractivity contribution in [3.63, 3.8) is 0 Å². The van der Waals surface area contributed by atoms with Gasteiger partial charge in [0.15, 0.2) is 0 Å². The molecule has 2 rings (SSSR count). The van der Waals surface area contributed by atoms with Crippen molar-refractivity contribution in [1.82, 2.24) is 0 Å². The Balaban J connectivity index is 0.000000240. The summed E-state index contributed by atoms with van der Waals surface area (Å²) in [6.45, 7) is 4.36. The maximum absolute atomic E-state index is 10.3. The van der Waals surface area contributed by atoms with Gasteiger partial charge in [-0.1, -0.05) is 75.2 Å². The smallest absolute Gasteiger partial charge is 0.150 e. The van der Waals surface area contributed by atoms with Crippen LogP contribution in [0.15, 0.2) is 48.5 Å². The van der Waals surface area contributed by atoms with Crippen molar-refractivity contribution < 1.29 is 9.59 Å². The number of rotatable bonds is 8. The lowest BCUT2D eigenvalue weighted by atomic mass is 10.1. The third-order valence-corrected chi connectivity index (χ3v) is 3.87. The van der Waals surface area contributed by atoms with E-state index in [1.807, 2.05) is 48.5 Å². The molecule has 2 aromatic rings. The van der Waals surface area contributed by atoms with E-state index in [1.54, 1.807) is 0 Å². The number of carbonyl (C=O) groups excluding carboxylic acids is 2. The zero-order chi connectivity index (χ0) is 17.6. The Morgan fingerprint density at radius 2 is 0.958 bits per heavy atom. The van der Waals surface area contributed by atoms with Crippen molar-refractivity contribution in [3.8, 4) is 0 Å². The maximum Gasteiger partial charge on any atom is 0.150 e. The summed E-state index contributed by atoms with van der Waals surface area (Å²) in [5.41, 5.74) is 4.16. The molecular weight excluding hydrogens is 296 g/mol. The van der Waals surface area contributed by atoms with Crippen LogP contribution in [0.1, 0.15) is 71.4 Å². The molecule has 0 aliphatic heterocycles. The van der Waals surface area contributed by atoms with Crippen LogP contribution in [-0.2, 0) is 12.8 Å². The second-order valence-corrected chi connectivity index (χ2v) is 5.93. The van der Waals surface area contributed by atoms with E-state index in [9.17, 15) is 9.59 Å². The van der Waals surface area contributed by atoms with E-state index >= 15 is 0 Å². The summed E-state index contributed by atoms with van der Waals surface area (Å²) in [6.07, 6.45) is 8.88. The Labute approximate surface area is 145 Å². The zero-order valence-electron chi connectivity index (χ0n) is 14.8. The molecule has 0 atom stereocenters. The summed E-state index contributed by atoms with van der Waals surface area (Å²) in [7, 11) is 0. The molecule has 0 aliphatic carbocycles. The number of benzene rings is 2. The molecule has 0 spiro atoms. The summed E-state index contributed by atoms with van der Waals surface area (Å²) < 4.78 is 0. The van der Waals surface area contributed by atoms with E-state index in [0.717, 1.165) is 36.5 Å². The molecule has 0 unspecified atom stereocenters. The van der Waals surface area contributed by atoms with E-state index in [1.165, 1.54) is 36.8 Å². The van der Waals surface area contributed by atoms with E-state index in [2.05, 4.69) is 13.8 Å². The van der Waals surface area contributed by atoms with Crippen LogP contribution in [-0.4, -0.2) is 12.6 Å². The van der Waals surface area contributed by atoms with E-state index in [-0.39, 0.29) is 0 Å². The van der Waals surface area contributed by atoms with Crippen molar-refractivity contribution in [2.24, 2.45) is 0 Å². The predicted molar refractivity (Wildman–Crippen MR) is 101 cm³/mol. The first-order chi connectivity index (χ1) is 11.7. The van der Waals surface area contributed by atoms with Crippen LogP contribution >= 0.6 is 0 Å². The van der Waals surface area contributed by atoms with Crippen molar-refractivity contribution in [1.29, 1.82) is 0 Å². The van der Waals surface area contributed by atoms with Gasteiger partial charge in [-0.05, 0) is 36.8 Å². The molecule has 0 amide bonds. The average molecular weight is 324 g/mol. The summed E-state index contributed by atoms with van der Waals surface area (Å²) in [6, 6.07) is 15.6. The Bertz CT molecular complexity index is 527. The minimum atomic E-state index is 0.759. The third kappa shape index (κ3) is 7.87. The summed E-state index contributed by atoms with van der Waals surface area (Å²) in [5, 5.41) is 0.